The van der Waals surface area contributed by atoms with Gasteiger partial charge in [0, 0.05) is 12.2 Å². The third-order valence-electron chi connectivity index (χ3n) is 4.46. The van der Waals surface area contributed by atoms with Crippen LogP contribution in [-0.4, -0.2) is 34.4 Å². The van der Waals surface area contributed by atoms with Crippen LogP contribution < -0.4 is 5.32 Å². The van der Waals surface area contributed by atoms with Crippen molar-refractivity contribution in [3.8, 4) is 11.8 Å². The number of carbonyl (C=O) groups is 2. The minimum Gasteiger partial charge on any atom is -0.507 e. The van der Waals surface area contributed by atoms with Gasteiger partial charge in [-0.2, -0.15) is 5.26 Å². The van der Waals surface area contributed by atoms with Crippen molar-refractivity contribution in [2.45, 2.75) is 25.3 Å². The van der Waals surface area contributed by atoms with E-state index in [1.54, 1.807) is 42.5 Å². The Hall–Kier alpha value is -3.33. The molecule has 0 spiro atoms. The van der Waals surface area contributed by atoms with E-state index in [-0.39, 0.29) is 23.1 Å². The molecule has 2 N–H and O–H groups in total. The second kappa shape index (κ2) is 7.70. The van der Waals surface area contributed by atoms with E-state index in [0.29, 0.717) is 25.1 Å². The number of rotatable bonds is 4. The van der Waals surface area contributed by atoms with Gasteiger partial charge in [-0.05, 0) is 42.7 Å². The Balaban J connectivity index is 1.71. The fraction of sp³-hybridized carbons (Fsp3) is 0.250. The van der Waals surface area contributed by atoms with E-state index in [9.17, 15) is 14.7 Å². The molecule has 2 aromatic carbocycles. The van der Waals surface area contributed by atoms with Crippen molar-refractivity contribution >= 4 is 17.5 Å². The molecule has 0 radical (unpaired) electrons. The summed E-state index contributed by atoms with van der Waals surface area (Å²) < 4.78 is 0. The topological polar surface area (TPSA) is 93.4 Å². The average Bonchev–Trinajstić information content (AvgIpc) is 3.13. The molecule has 3 rings (SSSR count). The summed E-state index contributed by atoms with van der Waals surface area (Å²) >= 11 is 0. The summed E-state index contributed by atoms with van der Waals surface area (Å²) in [4.78, 5) is 26.9. The highest BCUT2D eigenvalue weighted by molar-refractivity contribution is 6.02. The fourth-order valence-corrected chi connectivity index (χ4v) is 3.11. The monoisotopic (exact) mass is 349 g/mol. The van der Waals surface area contributed by atoms with E-state index in [1.807, 2.05) is 0 Å². The van der Waals surface area contributed by atoms with Gasteiger partial charge in [-0.3, -0.25) is 9.59 Å². The average molecular weight is 349 g/mol. The molecule has 6 heteroatoms. The fourth-order valence-electron chi connectivity index (χ4n) is 3.11. The van der Waals surface area contributed by atoms with Gasteiger partial charge in [0.15, 0.2) is 0 Å². The van der Waals surface area contributed by atoms with Crippen LogP contribution in [0.3, 0.4) is 0 Å². The van der Waals surface area contributed by atoms with Gasteiger partial charge in [0.25, 0.3) is 5.91 Å². The molecule has 1 aliphatic rings. The van der Waals surface area contributed by atoms with Gasteiger partial charge in [0.05, 0.1) is 18.1 Å². The van der Waals surface area contributed by atoms with Gasteiger partial charge in [-0.1, -0.05) is 24.3 Å². The second-order valence-electron chi connectivity index (χ2n) is 6.19. The van der Waals surface area contributed by atoms with Gasteiger partial charge >= 0.3 is 0 Å². The first kappa shape index (κ1) is 17.5. The molecule has 1 heterocycles. The van der Waals surface area contributed by atoms with Crippen LogP contribution in [0, 0.1) is 11.3 Å². The Kier molecular flexibility index (Phi) is 5.18. The summed E-state index contributed by atoms with van der Waals surface area (Å²) in [5.41, 5.74) is 1.70. The molecule has 132 valence electrons. The maximum absolute atomic E-state index is 12.7. The summed E-state index contributed by atoms with van der Waals surface area (Å²) in [5, 5.41) is 21.4. The third-order valence-corrected chi connectivity index (χ3v) is 4.46. The predicted molar refractivity (Wildman–Crippen MR) is 96.6 cm³/mol. The molecule has 1 fully saturated rings. The molecular weight excluding hydrogens is 330 g/mol. The number of phenolic OH excluding ortho intramolecular Hbond substituents is 1. The molecule has 26 heavy (non-hydrogen) atoms. The van der Waals surface area contributed by atoms with Crippen molar-refractivity contribution < 1.29 is 14.7 Å². The number of hydrogen-bond donors (Lipinski definition) is 2. The maximum Gasteiger partial charge on any atom is 0.258 e. The van der Waals surface area contributed by atoms with Crippen LogP contribution >= 0.6 is 0 Å². The third kappa shape index (κ3) is 3.67. The highest BCUT2D eigenvalue weighted by Gasteiger charge is 2.35. The SMILES string of the molecule is N#CCc1ccc(NC(=O)C2CCCN2C(=O)c2ccccc2O)cc1. The molecule has 1 atom stereocenters. The van der Waals surface area contributed by atoms with Crippen molar-refractivity contribution in [1.82, 2.24) is 4.90 Å². The van der Waals surface area contributed by atoms with E-state index in [4.69, 9.17) is 5.26 Å². The van der Waals surface area contributed by atoms with Crippen LogP contribution in [0.25, 0.3) is 0 Å². The van der Waals surface area contributed by atoms with Gasteiger partial charge in [0.2, 0.25) is 5.91 Å². The number of aromatic hydroxyl groups is 1. The summed E-state index contributed by atoms with van der Waals surface area (Å²) in [6, 6.07) is 14.9. The van der Waals surface area contributed by atoms with Crippen molar-refractivity contribution in [1.29, 1.82) is 5.26 Å². The zero-order valence-electron chi connectivity index (χ0n) is 14.2. The molecule has 1 unspecified atom stereocenters. The van der Waals surface area contributed by atoms with Crippen LogP contribution in [0.4, 0.5) is 5.69 Å². The number of carbonyl (C=O) groups excluding carboxylic acids is 2. The Morgan fingerprint density at radius 3 is 2.62 bits per heavy atom. The lowest BCUT2D eigenvalue weighted by molar-refractivity contribution is -0.119. The van der Waals surface area contributed by atoms with Gasteiger partial charge < -0.3 is 15.3 Å². The summed E-state index contributed by atoms with van der Waals surface area (Å²) in [6.07, 6.45) is 1.63. The number of amides is 2. The van der Waals surface area contributed by atoms with Crippen molar-refractivity contribution in [3.05, 3.63) is 59.7 Å². The van der Waals surface area contributed by atoms with Crippen LogP contribution in [0.2, 0.25) is 0 Å². The Morgan fingerprint density at radius 2 is 1.92 bits per heavy atom. The summed E-state index contributed by atoms with van der Waals surface area (Å²) in [6.45, 7) is 0.479. The molecule has 0 saturated carbocycles. The van der Waals surface area contributed by atoms with Gasteiger partial charge in [0.1, 0.15) is 11.8 Å². The van der Waals surface area contributed by atoms with Crippen molar-refractivity contribution in [3.63, 3.8) is 0 Å². The van der Waals surface area contributed by atoms with E-state index < -0.39 is 6.04 Å². The molecular formula is C20H19N3O3. The lowest BCUT2D eigenvalue weighted by atomic mass is 10.1. The molecule has 0 bridgehead atoms. The van der Waals surface area contributed by atoms with Crippen molar-refractivity contribution in [2.24, 2.45) is 0 Å². The molecule has 6 nitrogen and oxygen atoms in total. The molecule has 2 aromatic rings. The predicted octanol–water partition coefficient (Wildman–Crippen LogP) is 2.70. The number of hydrogen-bond acceptors (Lipinski definition) is 4. The molecule has 1 saturated heterocycles. The molecule has 2 amide bonds. The zero-order valence-corrected chi connectivity index (χ0v) is 14.2. The molecule has 0 aromatic heterocycles. The van der Waals surface area contributed by atoms with Gasteiger partial charge in [-0.25, -0.2) is 0 Å². The molecule has 1 aliphatic heterocycles. The first-order chi connectivity index (χ1) is 12.6. The van der Waals surface area contributed by atoms with E-state index in [2.05, 4.69) is 11.4 Å². The quantitative estimate of drug-likeness (QED) is 0.887. The normalized spacial score (nSPS) is 16.1. The number of nitrogens with one attached hydrogen (secondary N) is 1. The largest absolute Gasteiger partial charge is 0.507 e. The van der Waals surface area contributed by atoms with Crippen LogP contribution in [-0.2, 0) is 11.2 Å². The van der Waals surface area contributed by atoms with Crippen LogP contribution in [0.5, 0.6) is 5.75 Å². The maximum atomic E-state index is 12.7. The van der Waals surface area contributed by atoms with Crippen LogP contribution in [0.1, 0.15) is 28.8 Å². The van der Waals surface area contributed by atoms with Crippen molar-refractivity contribution in [2.75, 3.05) is 11.9 Å². The number of likely N-dealkylation sites (tertiary alicyclic amines) is 1. The summed E-state index contributed by atoms with van der Waals surface area (Å²) in [7, 11) is 0. The Labute approximate surface area is 151 Å². The Bertz CT molecular complexity index is 855. The first-order valence-corrected chi connectivity index (χ1v) is 8.46. The first-order valence-electron chi connectivity index (χ1n) is 8.46. The Morgan fingerprint density at radius 1 is 1.19 bits per heavy atom. The number of benzene rings is 2. The standard InChI is InChI=1S/C20H19N3O3/c21-12-11-14-7-9-15(10-8-14)22-19(25)17-5-3-13-23(17)20(26)16-4-1-2-6-18(16)24/h1-2,4,6-10,17,24H,3,5,11,13H2,(H,22,25). The number of nitrogens with zero attached hydrogens (tertiary/aromatic N) is 2. The summed E-state index contributed by atoms with van der Waals surface area (Å²) in [5.74, 6) is -0.680. The lowest BCUT2D eigenvalue weighted by Crippen LogP contribution is -2.43. The minimum atomic E-state index is -0.569. The highest BCUT2D eigenvalue weighted by atomic mass is 16.3. The number of phenols is 1. The van der Waals surface area contributed by atoms with Gasteiger partial charge in [-0.15, -0.1) is 0 Å². The van der Waals surface area contributed by atoms with E-state index >= 15 is 0 Å². The highest BCUT2D eigenvalue weighted by Crippen LogP contribution is 2.25. The van der Waals surface area contributed by atoms with Crippen LogP contribution in [0.15, 0.2) is 48.5 Å². The van der Waals surface area contributed by atoms with E-state index in [1.165, 1.54) is 11.0 Å². The lowest BCUT2D eigenvalue weighted by Gasteiger charge is -2.24. The zero-order chi connectivity index (χ0) is 18.5. The smallest absolute Gasteiger partial charge is 0.258 e. The minimum absolute atomic E-state index is 0.0864. The second-order valence-corrected chi connectivity index (χ2v) is 6.19. The number of nitriles is 1. The number of anilines is 1. The van der Waals surface area contributed by atoms with E-state index in [0.717, 1.165) is 12.0 Å². The molecule has 0 aliphatic carbocycles. The number of para-hydroxylation sites is 1.